The Kier molecular flexibility index (Phi) is 7.92. The summed E-state index contributed by atoms with van der Waals surface area (Å²) in [5.41, 5.74) is 3.12. The molecule has 1 aromatic heterocycles. The SMILES string of the molecule is CS(=O)c1ccc(-c2ccc(OC3CN(Cc4ccc(Oc5ccccc5)cc4)C3)cn2)cc1.O. The first-order valence-corrected chi connectivity index (χ1v) is 12.8. The zero-order valence-electron chi connectivity index (χ0n) is 19.5. The van der Waals surface area contributed by atoms with Crippen molar-refractivity contribution in [1.29, 1.82) is 0 Å². The fraction of sp³-hybridized carbons (Fsp3) is 0.179. The number of hydrogen-bond donors (Lipinski definition) is 0. The molecule has 7 heteroatoms. The molecule has 1 aliphatic heterocycles. The quantitative estimate of drug-likeness (QED) is 0.358. The van der Waals surface area contributed by atoms with Gasteiger partial charge in [0.25, 0.3) is 0 Å². The van der Waals surface area contributed by atoms with E-state index in [9.17, 15) is 4.21 Å². The van der Waals surface area contributed by atoms with Crippen LogP contribution in [0.2, 0.25) is 0 Å². The molecule has 3 aromatic carbocycles. The van der Waals surface area contributed by atoms with E-state index >= 15 is 0 Å². The van der Waals surface area contributed by atoms with Crippen molar-refractivity contribution in [3.05, 3.63) is 103 Å². The number of nitrogens with zero attached hydrogens (tertiary/aromatic N) is 2. The molecule has 6 nitrogen and oxygen atoms in total. The van der Waals surface area contributed by atoms with Gasteiger partial charge in [-0.05, 0) is 54.1 Å². The summed E-state index contributed by atoms with van der Waals surface area (Å²) in [7, 11) is -0.974. The van der Waals surface area contributed by atoms with Crippen LogP contribution in [0.5, 0.6) is 17.2 Å². The van der Waals surface area contributed by atoms with E-state index in [1.54, 1.807) is 12.5 Å². The molecule has 2 heterocycles. The van der Waals surface area contributed by atoms with Crippen LogP contribution in [0.3, 0.4) is 0 Å². The van der Waals surface area contributed by atoms with Crippen molar-refractivity contribution >= 4 is 10.8 Å². The van der Waals surface area contributed by atoms with E-state index in [2.05, 4.69) is 22.0 Å². The normalized spacial score (nSPS) is 14.4. The summed E-state index contributed by atoms with van der Waals surface area (Å²) in [4.78, 5) is 7.71. The van der Waals surface area contributed by atoms with Crippen LogP contribution in [0.4, 0.5) is 0 Å². The van der Waals surface area contributed by atoms with Crippen molar-refractivity contribution in [3.63, 3.8) is 0 Å². The maximum Gasteiger partial charge on any atom is 0.138 e. The molecule has 180 valence electrons. The lowest BCUT2D eigenvalue weighted by Gasteiger charge is -2.39. The molecule has 35 heavy (non-hydrogen) atoms. The number of hydrogen-bond acceptors (Lipinski definition) is 5. The molecule has 1 atom stereocenters. The lowest BCUT2D eigenvalue weighted by atomic mass is 10.1. The van der Waals surface area contributed by atoms with Gasteiger partial charge in [0.1, 0.15) is 23.4 Å². The van der Waals surface area contributed by atoms with E-state index in [0.29, 0.717) is 0 Å². The largest absolute Gasteiger partial charge is 0.486 e. The van der Waals surface area contributed by atoms with Gasteiger partial charge in [0, 0.05) is 47.1 Å². The Morgan fingerprint density at radius 3 is 2.14 bits per heavy atom. The van der Waals surface area contributed by atoms with Gasteiger partial charge in [0.05, 0.1) is 11.9 Å². The molecule has 0 amide bonds. The highest BCUT2D eigenvalue weighted by atomic mass is 32.2. The summed E-state index contributed by atoms with van der Waals surface area (Å²) in [5.74, 6) is 2.46. The minimum absolute atomic E-state index is 0. The molecule has 1 unspecified atom stereocenters. The van der Waals surface area contributed by atoms with E-state index in [1.165, 1.54) is 5.56 Å². The molecule has 2 N–H and O–H groups in total. The highest BCUT2D eigenvalue weighted by Crippen LogP contribution is 2.25. The summed E-state index contributed by atoms with van der Waals surface area (Å²) in [6.45, 7) is 2.67. The Labute approximate surface area is 207 Å². The third kappa shape index (κ3) is 6.33. The molecule has 0 spiro atoms. The second-order valence-corrected chi connectivity index (χ2v) is 9.73. The third-order valence-corrected chi connectivity index (χ3v) is 6.69. The number of para-hydroxylation sites is 1. The second kappa shape index (κ2) is 11.3. The lowest BCUT2D eigenvalue weighted by Crippen LogP contribution is -2.53. The predicted molar refractivity (Wildman–Crippen MR) is 138 cm³/mol. The van der Waals surface area contributed by atoms with Crippen molar-refractivity contribution in [1.82, 2.24) is 9.88 Å². The van der Waals surface area contributed by atoms with Crippen molar-refractivity contribution in [2.45, 2.75) is 17.5 Å². The topological polar surface area (TPSA) is 83.2 Å². The van der Waals surface area contributed by atoms with Gasteiger partial charge in [-0.15, -0.1) is 0 Å². The number of likely N-dealkylation sites (tertiary alicyclic amines) is 1. The van der Waals surface area contributed by atoms with Crippen LogP contribution in [0.25, 0.3) is 11.3 Å². The van der Waals surface area contributed by atoms with Crippen LogP contribution in [-0.4, -0.2) is 45.0 Å². The van der Waals surface area contributed by atoms with Crippen molar-refractivity contribution < 1.29 is 19.2 Å². The average molecular weight is 489 g/mol. The van der Waals surface area contributed by atoms with Crippen LogP contribution in [0.1, 0.15) is 5.56 Å². The van der Waals surface area contributed by atoms with Gasteiger partial charge in [-0.25, -0.2) is 0 Å². The first kappa shape index (κ1) is 24.6. The summed E-state index contributed by atoms with van der Waals surface area (Å²) >= 11 is 0. The van der Waals surface area contributed by atoms with Crippen LogP contribution in [0.15, 0.2) is 102 Å². The molecule has 1 aliphatic rings. The van der Waals surface area contributed by atoms with Crippen LogP contribution >= 0.6 is 0 Å². The minimum Gasteiger partial charge on any atom is -0.486 e. The number of benzene rings is 3. The lowest BCUT2D eigenvalue weighted by molar-refractivity contribution is 0.0144. The molecule has 4 aromatic rings. The predicted octanol–water partition coefficient (Wildman–Crippen LogP) is 4.72. The van der Waals surface area contributed by atoms with Crippen LogP contribution < -0.4 is 9.47 Å². The fourth-order valence-corrected chi connectivity index (χ4v) is 4.42. The third-order valence-electron chi connectivity index (χ3n) is 5.75. The maximum absolute atomic E-state index is 11.5. The van der Waals surface area contributed by atoms with Gasteiger partial charge in [0.2, 0.25) is 0 Å². The Balaban J connectivity index is 0.00000289. The molecule has 1 fully saturated rings. The summed E-state index contributed by atoms with van der Waals surface area (Å²) in [6, 6.07) is 29.6. The maximum atomic E-state index is 11.5. The standard InChI is InChI=1S/C28H26N2O3S.H2O/c1-34(31)27-14-9-22(10-15-27)28-16-13-25(17-29-28)33-26-19-30(20-26)18-21-7-11-24(12-8-21)32-23-5-3-2-4-6-23;/h2-17,26H,18-20H2,1H3;1H2. The van der Waals surface area contributed by atoms with Gasteiger partial charge in [-0.3, -0.25) is 14.1 Å². The molecule has 1 saturated heterocycles. The molecule has 0 saturated carbocycles. The molecule has 0 radical (unpaired) electrons. The molecular weight excluding hydrogens is 460 g/mol. The Morgan fingerprint density at radius 2 is 1.51 bits per heavy atom. The Morgan fingerprint density at radius 1 is 0.857 bits per heavy atom. The van der Waals surface area contributed by atoms with Crippen molar-refractivity contribution in [3.8, 4) is 28.5 Å². The molecule has 5 rings (SSSR count). The van der Waals surface area contributed by atoms with Crippen molar-refractivity contribution in [2.24, 2.45) is 0 Å². The van der Waals surface area contributed by atoms with E-state index in [4.69, 9.17) is 9.47 Å². The number of aromatic nitrogens is 1. The fourth-order valence-electron chi connectivity index (χ4n) is 3.90. The zero-order valence-corrected chi connectivity index (χ0v) is 20.3. The monoisotopic (exact) mass is 488 g/mol. The van der Waals surface area contributed by atoms with Gasteiger partial charge in [-0.1, -0.05) is 42.5 Å². The number of rotatable bonds is 8. The van der Waals surface area contributed by atoms with E-state index in [1.807, 2.05) is 78.9 Å². The smallest absolute Gasteiger partial charge is 0.138 e. The summed E-state index contributed by atoms with van der Waals surface area (Å²) < 4.78 is 23.5. The highest BCUT2D eigenvalue weighted by Gasteiger charge is 2.28. The highest BCUT2D eigenvalue weighted by molar-refractivity contribution is 7.84. The van der Waals surface area contributed by atoms with Gasteiger partial charge in [0.15, 0.2) is 0 Å². The second-order valence-electron chi connectivity index (χ2n) is 8.35. The molecular formula is C28H28N2O4S. The first-order chi connectivity index (χ1) is 16.6. The first-order valence-electron chi connectivity index (χ1n) is 11.2. The summed E-state index contributed by atoms with van der Waals surface area (Å²) in [6.07, 6.45) is 3.63. The van der Waals surface area contributed by atoms with Gasteiger partial charge in [-0.2, -0.15) is 0 Å². The van der Waals surface area contributed by atoms with Crippen molar-refractivity contribution in [2.75, 3.05) is 19.3 Å². The molecule has 0 bridgehead atoms. The van der Waals surface area contributed by atoms with E-state index in [-0.39, 0.29) is 11.6 Å². The number of pyridine rings is 1. The Hall–Kier alpha value is -3.52. The Bertz CT molecular complexity index is 1240. The molecule has 0 aliphatic carbocycles. The average Bonchev–Trinajstić information content (AvgIpc) is 2.85. The van der Waals surface area contributed by atoms with Gasteiger partial charge < -0.3 is 14.9 Å². The van der Waals surface area contributed by atoms with E-state index in [0.717, 1.165) is 53.0 Å². The zero-order chi connectivity index (χ0) is 23.3. The summed E-state index contributed by atoms with van der Waals surface area (Å²) in [5, 5.41) is 0. The van der Waals surface area contributed by atoms with Gasteiger partial charge >= 0.3 is 0 Å². The van der Waals surface area contributed by atoms with Crippen LogP contribution in [-0.2, 0) is 17.3 Å². The minimum atomic E-state index is -0.974. The van der Waals surface area contributed by atoms with Crippen LogP contribution in [0, 0.1) is 0 Å². The number of ether oxygens (including phenoxy) is 2. The van der Waals surface area contributed by atoms with E-state index < -0.39 is 10.8 Å².